The van der Waals surface area contributed by atoms with Crippen molar-refractivity contribution in [3.05, 3.63) is 20.8 Å². The van der Waals surface area contributed by atoms with E-state index in [9.17, 15) is 0 Å². The Kier molecular flexibility index (Phi) is 4.77. The molecule has 1 heterocycles. The summed E-state index contributed by atoms with van der Waals surface area (Å²) in [6.45, 7) is 6.49. The zero-order valence-electron chi connectivity index (χ0n) is 9.80. The molecule has 0 saturated carbocycles. The topological polar surface area (TPSA) is 15.3 Å². The highest BCUT2D eigenvalue weighted by Gasteiger charge is 2.17. The molecule has 1 rings (SSSR count). The van der Waals surface area contributed by atoms with E-state index < -0.39 is 0 Å². The van der Waals surface area contributed by atoms with E-state index in [4.69, 9.17) is 0 Å². The van der Waals surface area contributed by atoms with Gasteiger partial charge in [-0.1, -0.05) is 0 Å². The summed E-state index contributed by atoms with van der Waals surface area (Å²) < 4.78 is 1.21. The largest absolute Gasteiger partial charge is 0.314 e. The van der Waals surface area contributed by atoms with E-state index in [-0.39, 0.29) is 5.54 Å². The van der Waals surface area contributed by atoms with Crippen LogP contribution in [-0.2, 0) is 6.54 Å². The number of nitrogens with zero attached hydrogens (tertiary/aromatic N) is 1. The molecule has 0 radical (unpaired) electrons. The molecule has 0 bridgehead atoms. The van der Waals surface area contributed by atoms with Crippen LogP contribution in [0.3, 0.4) is 0 Å². The fourth-order valence-electron chi connectivity index (χ4n) is 1.51. The van der Waals surface area contributed by atoms with Crippen molar-refractivity contribution in [3.8, 4) is 0 Å². The summed E-state index contributed by atoms with van der Waals surface area (Å²) in [6, 6.07) is 4.29. The molecule has 0 aromatic carbocycles. The van der Waals surface area contributed by atoms with Crippen LogP contribution in [0.2, 0.25) is 0 Å². The molecule has 0 amide bonds. The maximum absolute atomic E-state index is 3.48. The third kappa shape index (κ3) is 4.64. The van der Waals surface area contributed by atoms with E-state index in [2.05, 4.69) is 59.2 Å². The van der Waals surface area contributed by atoms with Gasteiger partial charge < -0.3 is 5.32 Å². The van der Waals surface area contributed by atoms with Crippen LogP contribution in [0.4, 0.5) is 0 Å². The van der Waals surface area contributed by atoms with Crippen LogP contribution in [0.1, 0.15) is 18.7 Å². The molecule has 4 heteroatoms. The third-order valence-electron chi connectivity index (χ3n) is 2.40. The number of hydrogen-bond donors (Lipinski definition) is 1. The van der Waals surface area contributed by atoms with Crippen molar-refractivity contribution in [2.45, 2.75) is 25.9 Å². The summed E-state index contributed by atoms with van der Waals surface area (Å²) in [6.07, 6.45) is 0. The lowest BCUT2D eigenvalue weighted by atomic mass is 10.1. The molecule has 0 aliphatic rings. The minimum absolute atomic E-state index is 0.170. The number of hydrogen-bond acceptors (Lipinski definition) is 3. The van der Waals surface area contributed by atoms with Gasteiger partial charge in [0.2, 0.25) is 0 Å². The van der Waals surface area contributed by atoms with E-state index in [1.165, 1.54) is 8.66 Å². The highest BCUT2D eigenvalue weighted by molar-refractivity contribution is 9.11. The Balaban J connectivity index is 2.46. The molecule has 15 heavy (non-hydrogen) atoms. The summed E-state index contributed by atoms with van der Waals surface area (Å²) in [5.41, 5.74) is 0.170. The summed E-state index contributed by atoms with van der Waals surface area (Å²) in [4.78, 5) is 3.74. The first-order valence-electron chi connectivity index (χ1n) is 5.04. The van der Waals surface area contributed by atoms with Crippen LogP contribution < -0.4 is 5.32 Å². The number of likely N-dealkylation sites (N-methyl/N-ethyl adjacent to an activating group) is 2. The van der Waals surface area contributed by atoms with Gasteiger partial charge in [0.05, 0.1) is 3.79 Å². The van der Waals surface area contributed by atoms with Crippen molar-refractivity contribution in [2.24, 2.45) is 0 Å². The molecule has 0 atom stereocenters. The van der Waals surface area contributed by atoms with E-state index in [0.717, 1.165) is 13.1 Å². The Labute approximate surface area is 105 Å². The van der Waals surface area contributed by atoms with Crippen LogP contribution in [0.25, 0.3) is 0 Å². The Morgan fingerprint density at radius 1 is 1.47 bits per heavy atom. The van der Waals surface area contributed by atoms with E-state index >= 15 is 0 Å². The zero-order valence-corrected chi connectivity index (χ0v) is 12.2. The molecule has 0 fully saturated rings. The van der Waals surface area contributed by atoms with Gasteiger partial charge in [0.15, 0.2) is 0 Å². The first kappa shape index (κ1) is 13.2. The second-order valence-corrected chi connectivity index (χ2v) is 7.06. The Bertz CT molecular complexity index is 309. The van der Waals surface area contributed by atoms with Crippen LogP contribution in [0.15, 0.2) is 15.9 Å². The van der Waals surface area contributed by atoms with Gasteiger partial charge in [0, 0.05) is 23.5 Å². The molecule has 1 aromatic heterocycles. The van der Waals surface area contributed by atoms with Gasteiger partial charge >= 0.3 is 0 Å². The van der Waals surface area contributed by atoms with Gasteiger partial charge in [-0.05, 0) is 56.0 Å². The van der Waals surface area contributed by atoms with Gasteiger partial charge in [0.25, 0.3) is 0 Å². The average Bonchev–Trinajstić information content (AvgIpc) is 2.50. The van der Waals surface area contributed by atoms with Crippen LogP contribution in [0.5, 0.6) is 0 Å². The number of rotatable bonds is 5. The van der Waals surface area contributed by atoms with Gasteiger partial charge in [-0.15, -0.1) is 11.3 Å². The molecule has 0 aliphatic heterocycles. The number of nitrogens with one attached hydrogen (secondary N) is 1. The molecule has 86 valence electrons. The van der Waals surface area contributed by atoms with Crippen molar-refractivity contribution < 1.29 is 0 Å². The van der Waals surface area contributed by atoms with Crippen LogP contribution in [-0.4, -0.2) is 31.1 Å². The van der Waals surface area contributed by atoms with Crippen molar-refractivity contribution in [1.29, 1.82) is 0 Å². The van der Waals surface area contributed by atoms with E-state index in [1.54, 1.807) is 11.3 Å². The minimum Gasteiger partial charge on any atom is -0.314 e. The molecular formula is C11H19BrN2S. The van der Waals surface area contributed by atoms with Gasteiger partial charge in [-0.3, -0.25) is 4.90 Å². The molecule has 1 aromatic rings. The fourth-order valence-corrected chi connectivity index (χ4v) is 3.08. The number of halogens is 1. The SMILES string of the molecule is CNC(C)(C)CN(C)Cc1ccc(Br)s1. The normalized spacial score (nSPS) is 12.4. The van der Waals surface area contributed by atoms with Crippen molar-refractivity contribution in [1.82, 2.24) is 10.2 Å². The highest BCUT2D eigenvalue weighted by Crippen LogP contribution is 2.23. The van der Waals surface area contributed by atoms with E-state index in [0.29, 0.717) is 0 Å². The lowest BCUT2D eigenvalue weighted by molar-refractivity contribution is 0.240. The quantitative estimate of drug-likeness (QED) is 0.897. The monoisotopic (exact) mass is 290 g/mol. The van der Waals surface area contributed by atoms with E-state index in [1.807, 2.05) is 7.05 Å². The predicted octanol–water partition coefficient (Wildman–Crippen LogP) is 2.94. The highest BCUT2D eigenvalue weighted by atomic mass is 79.9. The first-order valence-corrected chi connectivity index (χ1v) is 6.65. The summed E-state index contributed by atoms with van der Waals surface area (Å²) in [5.74, 6) is 0. The maximum atomic E-state index is 3.48. The van der Waals surface area contributed by atoms with Crippen LogP contribution in [0, 0.1) is 0 Å². The maximum Gasteiger partial charge on any atom is 0.0701 e. The van der Waals surface area contributed by atoms with Gasteiger partial charge in [-0.2, -0.15) is 0 Å². The van der Waals surface area contributed by atoms with Crippen LogP contribution >= 0.6 is 27.3 Å². The smallest absolute Gasteiger partial charge is 0.0701 e. The summed E-state index contributed by atoms with van der Waals surface area (Å²) in [7, 11) is 4.17. The molecule has 1 N–H and O–H groups in total. The van der Waals surface area contributed by atoms with Gasteiger partial charge in [-0.25, -0.2) is 0 Å². The lowest BCUT2D eigenvalue weighted by Gasteiger charge is -2.29. The van der Waals surface area contributed by atoms with Gasteiger partial charge in [0.1, 0.15) is 0 Å². The predicted molar refractivity (Wildman–Crippen MR) is 71.5 cm³/mol. The minimum atomic E-state index is 0.170. The van der Waals surface area contributed by atoms with Crippen molar-refractivity contribution in [2.75, 3.05) is 20.6 Å². The molecule has 0 aliphatic carbocycles. The number of thiophene rings is 1. The zero-order chi connectivity index (χ0) is 11.5. The Morgan fingerprint density at radius 2 is 2.13 bits per heavy atom. The molecule has 0 spiro atoms. The second kappa shape index (κ2) is 5.43. The Morgan fingerprint density at radius 3 is 2.60 bits per heavy atom. The van der Waals surface area contributed by atoms with Crippen molar-refractivity contribution >= 4 is 27.3 Å². The fraction of sp³-hybridized carbons (Fsp3) is 0.636. The summed E-state index contributed by atoms with van der Waals surface area (Å²) >= 11 is 5.29. The van der Waals surface area contributed by atoms with Crippen molar-refractivity contribution in [3.63, 3.8) is 0 Å². The summed E-state index contributed by atoms with van der Waals surface area (Å²) in [5, 5.41) is 3.32. The second-order valence-electron chi connectivity index (χ2n) is 4.51. The molecule has 2 nitrogen and oxygen atoms in total. The molecular weight excluding hydrogens is 272 g/mol. The molecule has 0 saturated heterocycles. The Hall–Kier alpha value is 0.1000. The lowest BCUT2D eigenvalue weighted by Crippen LogP contribution is -2.45. The average molecular weight is 291 g/mol. The first-order chi connectivity index (χ1) is 6.93. The third-order valence-corrected chi connectivity index (χ3v) is 4.00. The molecule has 0 unspecified atom stereocenters. The standard InChI is InChI=1S/C11H19BrN2S/c1-11(2,13-3)8-14(4)7-9-5-6-10(12)15-9/h5-6,13H,7-8H2,1-4H3.